The third kappa shape index (κ3) is 6.51. The molecule has 7 nitrogen and oxygen atoms in total. The zero-order valence-electron chi connectivity index (χ0n) is 18.6. The second-order valence-electron chi connectivity index (χ2n) is 8.55. The smallest absolute Gasteiger partial charge is 0.191 e. The van der Waals surface area contributed by atoms with Crippen molar-refractivity contribution < 1.29 is 14.6 Å². The SMILES string of the molecule is CN=C(NCCc1ccc(OC)cc1O)NCC1(CN2CCOCC2)CCCCC1. The lowest BCUT2D eigenvalue weighted by atomic mass is 9.73. The Bertz CT molecular complexity index is 683. The molecule has 1 aromatic rings. The van der Waals surface area contributed by atoms with Crippen LogP contribution in [0.2, 0.25) is 0 Å². The second kappa shape index (κ2) is 11.4. The highest BCUT2D eigenvalue weighted by molar-refractivity contribution is 5.79. The summed E-state index contributed by atoms with van der Waals surface area (Å²) in [6.45, 7) is 6.57. The van der Waals surface area contributed by atoms with Gasteiger partial charge in [0.15, 0.2) is 5.96 Å². The minimum absolute atomic E-state index is 0.269. The number of morpholine rings is 1. The maximum Gasteiger partial charge on any atom is 0.191 e. The van der Waals surface area contributed by atoms with Gasteiger partial charge >= 0.3 is 0 Å². The van der Waals surface area contributed by atoms with Crippen LogP contribution in [0.4, 0.5) is 0 Å². The Morgan fingerprint density at radius 3 is 2.63 bits per heavy atom. The molecular formula is C23H38N4O3. The van der Waals surface area contributed by atoms with Crippen molar-refractivity contribution in [3.63, 3.8) is 0 Å². The maximum absolute atomic E-state index is 10.1. The van der Waals surface area contributed by atoms with Crippen LogP contribution in [0.3, 0.4) is 0 Å². The van der Waals surface area contributed by atoms with E-state index in [2.05, 4.69) is 20.5 Å². The van der Waals surface area contributed by atoms with Crippen molar-refractivity contribution in [1.29, 1.82) is 0 Å². The number of phenolic OH excluding ortho intramolecular Hbond substituents is 1. The summed E-state index contributed by atoms with van der Waals surface area (Å²) in [5.74, 6) is 1.76. The Morgan fingerprint density at radius 1 is 1.20 bits per heavy atom. The minimum atomic E-state index is 0.269. The van der Waals surface area contributed by atoms with E-state index in [4.69, 9.17) is 9.47 Å². The lowest BCUT2D eigenvalue weighted by Gasteiger charge is -2.42. The normalized spacial score (nSPS) is 20.0. The molecule has 3 N–H and O–H groups in total. The molecule has 0 bridgehead atoms. The minimum Gasteiger partial charge on any atom is -0.508 e. The van der Waals surface area contributed by atoms with Gasteiger partial charge in [-0.2, -0.15) is 0 Å². The van der Waals surface area contributed by atoms with Gasteiger partial charge in [-0.15, -0.1) is 0 Å². The van der Waals surface area contributed by atoms with Gasteiger partial charge in [0, 0.05) is 51.3 Å². The van der Waals surface area contributed by atoms with Crippen molar-refractivity contribution >= 4 is 5.96 Å². The Morgan fingerprint density at radius 2 is 1.97 bits per heavy atom. The summed E-state index contributed by atoms with van der Waals surface area (Å²) in [7, 11) is 3.42. The van der Waals surface area contributed by atoms with Crippen LogP contribution in [0.1, 0.15) is 37.7 Å². The molecule has 1 aromatic carbocycles. The van der Waals surface area contributed by atoms with E-state index in [0.717, 1.165) is 57.3 Å². The molecule has 168 valence electrons. The van der Waals surface area contributed by atoms with Gasteiger partial charge < -0.3 is 25.2 Å². The van der Waals surface area contributed by atoms with Gasteiger partial charge in [0.1, 0.15) is 11.5 Å². The van der Waals surface area contributed by atoms with Crippen LogP contribution in [0, 0.1) is 5.41 Å². The molecular weight excluding hydrogens is 380 g/mol. The molecule has 1 aliphatic heterocycles. The topological polar surface area (TPSA) is 78.4 Å². The zero-order chi connectivity index (χ0) is 21.2. The van der Waals surface area contributed by atoms with Gasteiger partial charge in [-0.1, -0.05) is 25.3 Å². The van der Waals surface area contributed by atoms with Crippen molar-refractivity contribution in [1.82, 2.24) is 15.5 Å². The number of phenols is 1. The van der Waals surface area contributed by atoms with E-state index in [9.17, 15) is 5.11 Å². The average molecular weight is 419 g/mol. The van der Waals surface area contributed by atoms with Gasteiger partial charge in [-0.25, -0.2) is 0 Å². The molecule has 1 saturated carbocycles. The van der Waals surface area contributed by atoms with Crippen molar-refractivity contribution in [3.05, 3.63) is 23.8 Å². The highest BCUT2D eigenvalue weighted by atomic mass is 16.5. The molecule has 0 spiro atoms. The molecule has 7 heteroatoms. The summed E-state index contributed by atoms with van der Waals surface area (Å²) in [6.07, 6.45) is 7.24. The first-order valence-electron chi connectivity index (χ1n) is 11.2. The summed E-state index contributed by atoms with van der Waals surface area (Å²) in [6, 6.07) is 5.44. The lowest BCUT2D eigenvalue weighted by Crippen LogP contribution is -2.51. The zero-order valence-corrected chi connectivity index (χ0v) is 18.6. The van der Waals surface area contributed by atoms with Gasteiger partial charge in [-0.05, 0) is 30.9 Å². The summed E-state index contributed by atoms with van der Waals surface area (Å²) in [5, 5.41) is 17.1. The molecule has 0 atom stereocenters. The number of aliphatic imine (C=N–C) groups is 1. The van der Waals surface area contributed by atoms with Crippen LogP contribution >= 0.6 is 0 Å². The first-order valence-corrected chi connectivity index (χ1v) is 11.2. The fourth-order valence-electron chi connectivity index (χ4n) is 4.62. The van der Waals surface area contributed by atoms with E-state index < -0.39 is 0 Å². The highest BCUT2D eigenvalue weighted by Crippen LogP contribution is 2.36. The number of aromatic hydroxyl groups is 1. The van der Waals surface area contributed by atoms with Crippen LogP contribution in [0.5, 0.6) is 11.5 Å². The molecule has 0 aromatic heterocycles. The van der Waals surface area contributed by atoms with Crippen LogP contribution in [0.25, 0.3) is 0 Å². The van der Waals surface area contributed by atoms with Crippen molar-refractivity contribution in [2.24, 2.45) is 10.4 Å². The Balaban J connectivity index is 1.49. The Hall–Kier alpha value is -1.99. The number of nitrogens with one attached hydrogen (secondary N) is 2. The quantitative estimate of drug-likeness (QED) is 0.444. The molecule has 2 aliphatic rings. The highest BCUT2D eigenvalue weighted by Gasteiger charge is 2.34. The number of ether oxygens (including phenoxy) is 2. The Kier molecular flexibility index (Phi) is 8.63. The largest absolute Gasteiger partial charge is 0.508 e. The number of nitrogens with zero attached hydrogens (tertiary/aromatic N) is 2. The monoisotopic (exact) mass is 418 g/mol. The first kappa shape index (κ1) is 22.7. The third-order valence-corrected chi connectivity index (χ3v) is 6.41. The molecule has 0 unspecified atom stereocenters. The standard InChI is InChI=1S/C23H38N4O3/c1-24-22(25-11-8-19-6-7-20(29-2)16-21(19)28)26-17-23(9-4-3-5-10-23)18-27-12-14-30-15-13-27/h6-7,16,28H,3-5,8-15,17-18H2,1-2H3,(H2,24,25,26). The lowest BCUT2D eigenvalue weighted by molar-refractivity contribution is 0.00820. The molecule has 3 rings (SSSR count). The summed E-state index contributed by atoms with van der Waals surface area (Å²) >= 11 is 0. The molecule has 1 aliphatic carbocycles. The summed E-state index contributed by atoms with van der Waals surface area (Å²) < 4.78 is 10.7. The maximum atomic E-state index is 10.1. The summed E-state index contributed by atoms with van der Waals surface area (Å²) in [5.41, 5.74) is 1.20. The number of hydrogen-bond donors (Lipinski definition) is 3. The number of benzene rings is 1. The molecule has 0 radical (unpaired) electrons. The molecule has 1 saturated heterocycles. The fourth-order valence-corrected chi connectivity index (χ4v) is 4.62. The van der Waals surface area contributed by atoms with Gasteiger partial charge in [0.25, 0.3) is 0 Å². The number of rotatable bonds is 8. The van der Waals surface area contributed by atoms with Gasteiger partial charge in [0.2, 0.25) is 0 Å². The van der Waals surface area contributed by atoms with Crippen molar-refractivity contribution in [2.45, 2.75) is 38.5 Å². The van der Waals surface area contributed by atoms with E-state index in [-0.39, 0.29) is 5.75 Å². The van der Waals surface area contributed by atoms with Gasteiger partial charge in [0.05, 0.1) is 20.3 Å². The van der Waals surface area contributed by atoms with Crippen LogP contribution < -0.4 is 15.4 Å². The number of methoxy groups -OCH3 is 1. The molecule has 30 heavy (non-hydrogen) atoms. The molecule has 0 amide bonds. The van der Waals surface area contributed by atoms with Crippen LogP contribution in [-0.4, -0.2) is 76.1 Å². The molecule has 2 fully saturated rings. The van der Waals surface area contributed by atoms with E-state index in [1.54, 1.807) is 13.2 Å². The predicted octanol–water partition coefficient (Wildman–Crippen LogP) is 2.39. The predicted molar refractivity (Wildman–Crippen MR) is 121 cm³/mol. The average Bonchev–Trinajstić information content (AvgIpc) is 2.78. The first-order chi connectivity index (χ1) is 14.6. The second-order valence-corrected chi connectivity index (χ2v) is 8.55. The summed E-state index contributed by atoms with van der Waals surface area (Å²) in [4.78, 5) is 6.98. The Labute approximate surface area is 180 Å². The van der Waals surface area contributed by atoms with E-state index in [0.29, 0.717) is 17.7 Å². The number of guanidine groups is 1. The van der Waals surface area contributed by atoms with Crippen molar-refractivity contribution in [3.8, 4) is 11.5 Å². The van der Waals surface area contributed by atoms with Crippen LogP contribution in [0.15, 0.2) is 23.2 Å². The van der Waals surface area contributed by atoms with E-state index in [1.807, 2.05) is 19.2 Å². The van der Waals surface area contributed by atoms with Gasteiger partial charge in [-0.3, -0.25) is 9.89 Å². The fraction of sp³-hybridized carbons (Fsp3) is 0.696. The van der Waals surface area contributed by atoms with Crippen molar-refractivity contribution in [2.75, 3.05) is 60.1 Å². The number of hydrogen-bond acceptors (Lipinski definition) is 5. The molecule has 1 heterocycles. The third-order valence-electron chi connectivity index (χ3n) is 6.41. The van der Waals surface area contributed by atoms with Crippen LogP contribution in [-0.2, 0) is 11.2 Å². The van der Waals surface area contributed by atoms with E-state index >= 15 is 0 Å². The van der Waals surface area contributed by atoms with E-state index in [1.165, 1.54) is 32.1 Å².